The number of fused-ring (bicyclic) bond motifs is 1. The van der Waals surface area contributed by atoms with Gasteiger partial charge >= 0.3 is 5.97 Å². The van der Waals surface area contributed by atoms with Gasteiger partial charge in [0.25, 0.3) is 11.5 Å². The predicted octanol–water partition coefficient (Wildman–Crippen LogP) is 0.602. The number of Topliss-reactive ketones (excluding diaryl/α,β-unsaturated/α-hetero) is 2. The van der Waals surface area contributed by atoms with E-state index >= 15 is 0 Å². The molecule has 0 saturated heterocycles. The lowest BCUT2D eigenvalue weighted by molar-refractivity contribution is -0.579. The Kier molecular flexibility index (Phi) is 3.95. The Morgan fingerprint density at radius 2 is 1.79 bits per heavy atom. The van der Waals surface area contributed by atoms with Gasteiger partial charge in [-0.2, -0.15) is 4.57 Å². The Morgan fingerprint density at radius 1 is 1.08 bits per heavy atom. The zero-order valence-corrected chi connectivity index (χ0v) is 12.8. The van der Waals surface area contributed by atoms with Gasteiger partial charge in [-0.05, 0) is 24.3 Å². The lowest BCUT2D eigenvalue weighted by Crippen LogP contribution is -2.43. The van der Waals surface area contributed by atoms with Gasteiger partial charge in [-0.1, -0.05) is 24.3 Å². The third-order valence-corrected chi connectivity index (χ3v) is 3.62. The van der Waals surface area contributed by atoms with Crippen LogP contribution in [0, 0.1) is 0 Å². The third-order valence-electron chi connectivity index (χ3n) is 3.62. The Hall–Kier alpha value is -3.28. The first-order chi connectivity index (χ1) is 11.5. The molecule has 3 rings (SSSR count). The minimum atomic E-state index is -0.898. The number of ketones is 2. The second-order valence-electron chi connectivity index (χ2n) is 5.10. The van der Waals surface area contributed by atoms with Gasteiger partial charge in [0.05, 0.1) is 6.61 Å². The first kappa shape index (κ1) is 15.6. The van der Waals surface area contributed by atoms with Crippen molar-refractivity contribution < 1.29 is 28.8 Å². The zero-order chi connectivity index (χ0) is 17.3. The van der Waals surface area contributed by atoms with Crippen LogP contribution in [0.2, 0.25) is 0 Å². The molecule has 0 atom stereocenters. The number of benzene rings is 1. The second kappa shape index (κ2) is 6.08. The van der Waals surface area contributed by atoms with Gasteiger partial charge in [-0.15, -0.1) is 0 Å². The van der Waals surface area contributed by atoms with Crippen LogP contribution in [0.5, 0.6) is 0 Å². The van der Waals surface area contributed by atoms with Crippen LogP contribution in [0.4, 0.5) is 0 Å². The molecule has 1 aromatic carbocycles. The summed E-state index contributed by atoms with van der Waals surface area (Å²) in [5, 5.41) is 12.6. The molecule has 1 aliphatic carbocycles. The van der Waals surface area contributed by atoms with E-state index in [-0.39, 0.29) is 29.0 Å². The average molecular weight is 323 g/mol. The van der Waals surface area contributed by atoms with Crippen molar-refractivity contribution in [3.05, 3.63) is 65.5 Å². The van der Waals surface area contributed by atoms with Gasteiger partial charge in [-0.25, -0.2) is 4.79 Å². The zero-order valence-electron chi connectivity index (χ0n) is 12.8. The summed E-state index contributed by atoms with van der Waals surface area (Å²) in [6.45, 7) is 1.88. The molecule has 0 N–H and O–H groups in total. The molecule has 0 unspecified atom stereocenters. The molecule has 0 bridgehead atoms. The topological polar surface area (TPSA) is 87.4 Å². The highest BCUT2D eigenvalue weighted by atomic mass is 16.5. The van der Waals surface area contributed by atoms with Gasteiger partial charge in [0, 0.05) is 11.6 Å². The van der Waals surface area contributed by atoms with Gasteiger partial charge in [-0.3, -0.25) is 9.59 Å². The quantitative estimate of drug-likeness (QED) is 0.469. The summed E-state index contributed by atoms with van der Waals surface area (Å²) in [5.74, 6) is -2.77. The molecule has 0 fully saturated rings. The van der Waals surface area contributed by atoms with Crippen molar-refractivity contribution in [3.63, 3.8) is 0 Å². The molecule has 120 valence electrons. The maximum Gasteiger partial charge on any atom is 0.344 e. The number of ether oxygens (including phenoxy) is 1. The molecule has 0 spiro atoms. The van der Waals surface area contributed by atoms with Crippen molar-refractivity contribution in [2.75, 3.05) is 6.61 Å². The summed E-state index contributed by atoms with van der Waals surface area (Å²) in [6.07, 6.45) is 2.75. The summed E-state index contributed by atoms with van der Waals surface area (Å²) < 4.78 is 6.10. The van der Waals surface area contributed by atoms with Crippen molar-refractivity contribution in [2.24, 2.45) is 0 Å². The lowest BCUT2D eigenvalue weighted by Gasteiger charge is -2.21. The highest BCUT2D eigenvalue weighted by Gasteiger charge is 2.35. The number of carbonyl (C=O) groups excluding carboxylic acids is 3. The molecule has 1 aliphatic rings. The molecule has 1 aromatic heterocycles. The van der Waals surface area contributed by atoms with E-state index in [0.717, 1.165) is 0 Å². The smallest absolute Gasteiger partial charge is 0.344 e. The third kappa shape index (κ3) is 2.48. The maximum atomic E-state index is 12.6. The van der Waals surface area contributed by atoms with Crippen LogP contribution in [0.3, 0.4) is 0 Å². The molecule has 0 amide bonds. The van der Waals surface area contributed by atoms with Crippen LogP contribution in [-0.2, 0) is 9.53 Å². The Bertz CT molecular complexity index is 898. The number of allylic oxidation sites excluding steroid dienone is 1. The minimum Gasteiger partial charge on any atom is -0.867 e. The van der Waals surface area contributed by atoms with E-state index in [1.54, 1.807) is 19.1 Å². The monoisotopic (exact) mass is 323 g/mol. The average Bonchev–Trinajstić information content (AvgIpc) is 2.60. The van der Waals surface area contributed by atoms with Crippen LogP contribution < -0.4 is 9.67 Å². The molecule has 1 heterocycles. The van der Waals surface area contributed by atoms with E-state index in [4.69, 9.17) is 4.74 Å². The number of nitrogens with zero attached hydrogens (tertiary/aromatic N) is 1. The van der Waals surface area contributed by atoms with Crippen LogP contribution in [0.15, 0.2) is 48.8 Å². The van der Waals surface area contributed by atoms with Gasteiger partial charge in [0.2, 0.25) is 5.78 Å². The number of hydrogen-bond donors (Lipinski definition) is 0. The van der Waals surface area contributed by atoms with E-state index in [0.29, 0.717) is 0 Å². The molecule has 6 heteroatoms. The SMILES string of the molecule is CCOC(=O)c1ccc[n+](C2=C([O-])c3ccccc3C(=O)C2=O)c1. The van der Waals surface area contributed by atoms with Crippen molar-refractivity contribution in [1.29, 1.82) is 0 Å². The molecule has 6 nitrogen and oxygen atoms in total. The van der Waals surface area contributed by atoms with E-state index in [2.05, 4.69) is 0 Å². The molecule has 0 aliphatic heterocycles. The number of rotatable bonds is 3. The molecule has 24 heavy (non-hydrogen) atoms. The Balaban J connectivity index is 2.15. The van der Waals surface area contributed by atoms with Gasteiger partial charge < -0.3 is 9.84 Å². The fraction of sp³-hybridized carbons (Fsp3) is 0.111. The van der Waals surface area contributed by atoms with Crippen LogP contribution in [0.25, 0.3) is 11.5 Å². The fourth-order valence-electron chi connectivity index (χ4n) is 2.52. The second-order valence-corrected chi connectivity index (χ2v) is 5.10. The van der Waals surface area contributed by atoms with Gasteiger partial charge in [0.1, 0.15) is 5.56 Å². The number of aromatic nitrogens is 1. The number of carbonyl (C=O) groups is 3. The normalized spacial score (nSPS) is 13.7. The Labute approximate surface area is 137 Å². The highest BCUT2D eigenvalue weighted by molar-refractivity contribution is 6.58. The summed E-state index contributed by atoms with van der Waals surface area (Å²) in [4.78, 5) is 36.4. The first-order valence-corrected chi connectivity index (χ1v) is 7.33. The molecular formula is C18H13NO5. The van der Waals surface area contributed by atoms with Crippen molar-refractivity contribution >= 4 is 29.0 Å². The van der Waals surface area contributed by atoms with Crippen molar-refractivity contribution in [3.8, 4) is 0 Å². The van der Waals surface area contributed by atoms with Crippen LogP contribution >= 0.6 is 0 Å². The number of pyridine rings is 1. The molecule has 0 radical (unpaired) electrons. The summed E-state index contributed by atoms with van der Waals surface area (Å²) in [6, 6.07) is 9.17. The molecule has 2 aromatic rings. The van der Waals surface area contributed by atoms with E-state index in [9.17, 15) is 19.5 Å². The standard InChI is InChI=1S/C18H13NO5/c1-2-24-18(23)11-6-5-9-19(10-11)14-15(20)12-7-3-4-8-13(12)16(21)17(14)22/h3-10H,2H2,1H3. The Morgan fingerprint density at radius 3 is 2.50 bits per heavy atom. The van der Waals surface area contributed by atoms with Crippen molar-refractivity contribution in [1.82, 2.24) is 0 Å². The molecular weight excluding hydrogens is 310 g/mol. The van der Waals surface area contributed by atoms with Crippen LogP contribution in [-0.4, -0.2) is 24.1 Å². The number of esters is 1. The number of hydrogen-bond acceptors (Lipinski definition) is 5. The van der Waals surface area contributed by atoms with E-state index < -0.39 is 23.3 Å². The maximum absolute atomic E-state index is 12.6. The van der Waals surface area contributed by atoms with Crippen LogP contribution in [0.1, 0.15) is 33.2 Å². The largest absolute Gasteiger partial charge is 0.867 e. The summed E-state index contributed by atoms with van der Waals surface area (Å²) in [5.41, 5.74) is 0.146. The van der Waals surface area contributed by atoms with Gasteiger partial charge in [0.15, 0.2) is 12.4 Å². The molecule has 0 saturated carbocycles. The first-order valence-electron chi connectivity index (χ1n) is 7.33. The minimum absolute atomic E-state index is 0.0957. The predicted molar refractivity (Wildman–Crippen MR) is 81.5 cm³/mol. The highest BCUT2D eigenvalue weighted by Crippen LogP contribution is 2.25. The van der Waals surface area contributed by atoms with E-state index in [1.165, 1.54) is 41.2 Å². The van der Waals surface area contributed by atoms with E-state index in [1.807, 2.05) is 0 Å². The fourth-order valence-corrected chi connectivity index (χ4v) is 2.52. The van der Waals surface area contributed by atoms with Crippen molar-refractivity contribution in [2.45, 2.75) is 6.92 Å². The lowest BCUT2D eigenvalue weighted by atomic mass is 9.91. The summed E-state index contributed by atoms with van der Waals surface area (Å²) >= 11 is 0. The summed E-state index contributed by atoms with van der Waals surface area (Å²) in [7, 11) is 0.